The number of aromatic nitrogens is 1. The maximum atomic E-state index is 13.1. The van der Waals surface area contributed by atoms with Gasteiger partial charge in [-0.05, 0) is 36.8 Å². The highest BCUT2D eigenvalue weighted by molar-refractivity contribution is 7.12. The number of rotatable bonds is 7. The van der Waals surface area contributed by atoms with Gasteiger partial charge in [-0.2, -0.15) is 0 Å². The van der Waals surface area contributed by atoms with Gasteiger partial charge in [0.2, 0.25) is 0 Å². The van der Waals surface area contributed by atoms with Crippen LogP contribution in [0.5, 0.6) is 0 Å². The van der Waals surface area contributed by atoms with Crippen molar-refractivity contribution in [1.29, 1.82) is 0 Å². The molecule has 0 aliphatic rings. The minimum absolute atomic E-state index is 0.0266. The normalized spacial score (nSPS) is 10.9. The third-order valence-corrected chi connectivity index (χ3v) is 5.39. The number of ether oxygens (including phenoxy) is 1. The van der Waals surface area contributed by atoms with Gasteiger partial charge >= 0.3 is 5.97 Å². The first-order valence-electron chi connectivity index (χ1n) is 8.79. The number of methoxy groups -OCH3 is 1. The van der Waals surface area contributed by atoms with Crippen molar-refractivity contribution >= 4 is 29.0 Å². The Hall–Kier alpha value is -2.41. The lowest BCUT2D eigenvalue weighted by Gasteiger charge is -2.23. The van der Waals surface area contributed by atoms with Crippen molar-refractivity contribution in [3.05, 3.63) is 44.9 Å². The lowest BCUT2D eigenvalue weighted by atomic mass is 10.0. The van der Waals surface area contributed by atoms with Crippen LogP contribution in [0.2, 0.25) is 0 Å². The maximum absolute atomic E-state index is 13.1. The van der Waals surface area contributed by atoms with E-state index >= 15 is 0 Å². The van der Waals surface area contributed by atoms with Crippen molar-refractivity contribution in [1.82, 2.24) is 9.47 Å². The predicted molar refractivity (Wildman–Crippen MR) is 106 cm³/mol. The van der Waals surface area contributed by atoms with Crippen LogP contribution in [-0.4, -0.2) is 47.3 Å². The van der Waals surface area contributed by atoms with Crippen molar-refractivity contribution in [2.75, 3.05) is 20.2 Å². The first kappa shape index (κ1) is 20.9. The van der Waals surface area contributed by atoms with Gasteiger partial charge in [0, 0.05) is 24.8 Å². The molecule has 7 heteroatoms. The van der Waals surface area contributed by atoms with Gasteiger partial charge in [0.25, 0.3) is 5.91 Å². The minimum atomic E-state index is -0.481. The third kappa shape index (κ3) is 4.30. The summed E-state index contributed by atoms with van der Waals surface area (Å²) in [5.41, 5.74) is 2.11. The van der Waals surface area contributed by atoms with E-state index in [4.69, 9.17) is 4.74 Å². The summed E-state index contributed by atoms with van der Waals surface area (Å²) >= 11 is 1.36. The van der Waals surface area contributed by atoms with E-state index in [9.17, 15) is 14.4 Å². The fourth-order valence-electron chi connectivity index (χ4n) is 3.24. The maximum Gasteiger partial charge on any atom is 0.354 e. The van der Waals surface area contributed by atoms with Gasteiger partial charge in [0.05, 0.1) is 18.5 Å². The molecule has 2 aromatic heterocycles. The van der Waals surface area contributed by atoms with E-state index in [1.165, 1.54) is 18.4 Å². The molecule has 0 saturated carbocycles. The Morgan fingerprint density at radius 3 is 2.44 bits per heavy atom. The Morgan fingerprint density at radius 2 is 1.93 bits per heavy atom. The molecule has 1 amide bonds. The Labute approximate surface area is 163 Å². The van der Waals surface area contributed by atoms with Crippen molar-refractivity contribution in [3.63, 3.8) is 0 Å². The van der Waals surface area contributed by atoms with Gasteiger partial charge in [-0.3, -0.25) is 9.59 Å². The Morgan fingerprint density at radius 1 is 1.26 bits per heavy atom. The molecule has 6 nitrogen and oxygen atoms in total. The average Bonchev–Trinajstić information content (AvgIpc) is 3.21. The van der Waals surface area contributed by atoms with Crippen LogP contribution >= 0.6 is 11.3 Å². The zero-order valence-corrected chi connectivity index (χ0v) is 17.5. The minimum Gasteiger partial charge on any atom is -0.464 e. The van der Waals surface area contributed by atoms with Crippen LogP contribution in [0.4, 0.5) is 0 Å². The number of thiophene rings is 1. The third-order valence-electron chi connectivity index (χ3n) is 4.53. The molecule has 0 aromatic carbocycles. The molecule has 0 spiro atoms. The predicted octanol–water partition coefficient (Wildman–Crippen LogP) is 3.47. The summed E-state index contributed by atoms with van der Waals surface area (Å²) in [5, 5.41) is 1.84. The summed E-state index contributed by atoms with van der Waals surface area (Å²) in [4.78, 5) is 40.1. The number of hydrogen-bond donors (Lipinski definition) is 0. The highest BCUT2D eigenvalue weighted by atomic mass is 32.1. The Balaban J connectivity index is 2.35. The summed E-state index contributed by atoms with van der Waals surface area (Å²) < 4.78 is 6.50. The van der Waals surface area contributed by atoms with Crippen LogP contribution in [0.3, 0.4) is 0 Å². The van der Waals surface area contributed by atoms with Gasteiger partial charge in [-0.1, -0.05) is 19.9 Å². The summed E-state index contributed by atoms with van der Waals surface area (Å²) in [5.74, 6) is -0.580. The molecule has 0 N–H and O–H groups in total. The van der Waals surface area contributed by atoms with Crippen molar-refractivity contribution < 1.29 is 19.1 Å². The molecule has 0 aliphatic carbocycles. The quantitative estimate of drug-likeness (QED) is 0.536. The molecule has 0 radical (unpaired) electrons. The van der Waals surface area contributed by atoms with Crippen LogP contribution in [0, 0.1) is 19.8 Å². The van der Waals surface area contributed by atoms with E-state index in [0.717, 1.165) is 0 Å². The molecular weight excluding hydrogens is 364 g/mol. The molecular formula is C20H26N2O4S. The van der Waals surface area contributed by atoms with Crippen molar-refractivity contribution in [2.45, 2.75) is 27.7 Å². The van der Waals surface area contributed by atoms with E-state index in [2.05, 4.69) is 0 Å². The first-order valence-corrected chi connectivity index (χ1v) is 9.67. The summed E-state index contributed by atoms with van der Waals surface area (Å²) in [6.45, 7) is 8.00. The highest BCUT2D eigenvalue weighted by Gasteiger charge is 2.28. The summed E-state index contributed by atoms with van der Waals surface area (Å²) in [6, 6.07) is 3.58. The van der Waals surface area contributed by atoms with Gasteiger partial charge in [-0.15, -0.1) is 11.3 Å². The SMILES string of the molecule is COC(=O)c1c(C)c(C(=O)CN(CC(C)C)C(=O)c2cccs2)c(C)n1C. The largest absolute Gasteiger partial charge is 0.464 e. The fraction of sp³-hybridized carbons (Fsp3) is 0.450. The highest BCUT2D eigenvalue weighted by Crippen LogP contribution is 2.23. The van der Waals surface area contributed by atoms with Crippen molar-refractivity contribution in [2.24, 2.45) is 13.0 Å². The second-order valence-corrected chi connectivity index (χ2v) is 7.91. The smallest absolute Gasteiger partial charge is 0.354 e. The number of ketones is 1. The molecule has 0 saturated heterocycles. The number of Topliss-reactive ketones (excluding diaryl/α,β-unsaturated/α-hetero) is 1. The molecule has 27 heavy (non-hydrogen) atoms. The number of nitrogens with zero attached hydrogens (tertiary/aromatic N) is 2. The number of carbonyl (C=O) groups is 3. The van der Waals surface area contributed by atoms with Crippen LogP contribution in [0.1, 0.15) is 55.6 Å². The van der Waals surface area contributed by atoms with Crippen molar-refractivity contribution in [3.8, 4) is 0 Å². The second kappa shape index (κ2) is 8.52. The standard InChI is InChI=1S/C20H26N2O4S/c1-12(2)10-22(19(24)16-8-7-9-27-16)11-15(23)17-13(3)18(20(25)26-6)21(5)14(17)4/h7-9,12H,10-11H2,1-6H3. The second-order valence-electron chi connectivity index (χ2n) is 6.96. The zero-order valence-electron chi connectivity index (χ0n) is 16.7. The molecule has 0 aliphatic heterocycles. The molecule has 2 aromatic rings. The van der Waals surface area contributed by atoms with E-state index < -0.39 is 5.97 Å². The average molecular weight is 391 g/mol. The molecule has 2 rings (SSSR count). The summed E-state index contributed by atoms with van der Waals surface area (Å²) in [6.07, 6.45) is 0. The zero-order chi connectivity index (χ0) is 20.3. The van der Waals surface area contributed by atoms with Crippen LogP contribution in [-0.2, 0) is 11.8 Å². The molecule has 146 valence electrons. The Bertz CT molecular complexity index is 850. The molecule has 2 heterocycles. The summed E-state index contributed by atoms with van der Waals surface area (Å²) in [7, 11) is 3.05. The van der Waals surface area contributed by atoms with Crippen LogP contribution < -0.4 is 0 Å². The van der Waals surface area contributed by atoms with Gasteiger partial charge in [-0.25, -0.2) is 4.79 Å². The van der Waals surface area contributed by atoms with Gasteiger partial charge in [0.1, 0.15) is 5.69 Å². The van der Waals surface area contributed by atoms with Gasteiger partial charge < -0.3 is 14.2 Å². The monoisotopic (exact) mass is 390 g/mol. The number of amides is 1. The van der Waals surface area contributed by atoms with E-state index in [0.29, 0.717) is 33.9 Å². The molecule has 0 atom stereocenters. The Kier molecular flexibility index (Phi) is 6.59. The van der Waals surface area contributed by atoms with Gasteiger partial charge in [0.15, 0.2) is 5.78 Å². The number of esters is 1. The van der Waals surface area contributed by atoms with Crippen LogP contribution in [0.25, 0.3) is 0 Å². The number of carbonyl (C=O) groups excluding carboxylic acids is 3. The lowest BCUT2D eigenvalue weighted by Crippen LogP contribution is -2.38. The first-order chi connectivity index (χ1) is 12.7. The topological polar surface area (TPSA) is 68.6 Å². The van der Waals surface area contributed by atoms with E-state index in [1.54, 1.807) is 36.4 Å². The molecule has 0 fully saturated rings. The number of hydrogen-bond acceptors (Lipinski definition) is 5. The van der Waals surface area contributed by atoms with E-state index in [1.807, 2.05) is 25.3 Å². The van der Waals surface area contributed by atoms with E-state index in [-0.39, 0.29) is 24.2 Å². The molecule has 0 unspecified atom stereocenters. The lowest BCUT2D eigenvalue weighted by molar-refractivity contribution is 0.0588. The fourth-order valence-corrected chi connectivity index (χ4v) is 3.93. The molecule has 0 bridgehead atoms. The van der Waals surface area contributed by atoms with Crippen LogP contribution in [0.15, 0.2) is 17.5 Å².